The van der Waals surface area contributed by atoms with E-state index in [1.807, 2.05) is 91.0 Å². The third-order valence-electron chi connectivity index (χ3n) is 5.01. The minimum atomic E-state index is -0.401. The molecule has 0 aliphatic carbocycles. The monoisotopic (exact) mass is 453 g/mol. The number of rotatable bonds is 3. The Labute approximate surface area is 182 Å². The van der Waals surface area contributed by atoms with Crippen LogP contribution < -0.4 is 4.74 Å². The largest absolute Gasteiger partial charge is 0.423 e. The second-order valence-electron chi connectivity index (χ2n) is 6.98. The summed E-state index contributed by atoms with van der Waals surface area (Å²) in [5, 5.41) is 2.89. The van der Waals surface area contributed by atoms with Crippen molar-refractivity contribution in [1.29, 1.82) is 0 Å². The molecule has 30 heavy (non-hydrogen) atoms. The molecule has 5 aromatic rings. The molecule has 0 aliphatic rings. The Balaban J connectivity index is 1.57. The number of benzene rings is 4. The SMILES string of the molecule is O=C(Oc1ccc2ccccc2c1)c1cc(-c2ccc(Br)cc2)nc2ccccc12. The van der Waals surface area contributed by atoms with Crippen LogP contribution in [0, 0.1) is 0 Å². The molecule has 0 amide bonds. The number of esters is 1. The van der Waals surface area contributed by atoms with Crippen molar-refractivity contribution in [3.63, 3.8) is 0 Å². The number of hydrogen-bond donors (Lipinski definition) is 0. The quantitative estimate of drug-likeness (QED) is 0.217. The highest BCUT2D eigenvalue weighted by Crippen LogP contribution is 2.28. The van der Waals surface area contributed by atoms with Crippen LogP contribution in [0.5, 0.6) is 5.75 Å². The maximum atomic E-state index is 13.1. The molecule has 0 radical (unpaired) electrons. The van der Waals surface area contributed by atoms with Gasteiger partial charge in [0.05, 0.1) is 16.8 Å². The Morgan fingerprint density at radius 1 is 0.767 bits per heavy atom. The second kappa shape index (κ2) is 7.73. The van der Waals surface area contributed by atoms with Crippen molar-refractivity contribution in [1.82, 2.24) is 4.98 Å². The van der Waals surface area contributed by atoms with Crippen molar-refractivity contribution in [3.05, 3.63) is 107 Å². The zero-order valence-electron chi connectivity index (χ0n) is 15.9. The smallest absolute Gasteiger partial charge is 0.344 e. The molecule has 0 spiro atoms. The molecule has 0 unspecified atom stereocenters. The number of aromatic nitrogens is 1. The summed E-state index contributed by atoms with van der Waals surface area (Å²) in [6, 6.07) is 30.9. The molecule has 0 fully saturated rings. The number of hydrogen-bond acceptors (Lipinski definition) is 3. The number of para-hydroxylation sites is 1. The van der Waals surface area contributed by atoms with E-state index in [0.717, 1.165) is 37.4 Å². The molecular formula is C26H16BrNO2. The molecule has 4 heteroatoms. The first-order chi connectivity index (χ1) is 14.7. The fraction of sp³-hybridized carbons (Fsp3) is 0. The van der Waals surface area contributed by atoms with E-state index in [0.29, 0.717) is 11.3 Å². The lowest BCUT2D eigenvalue weighted by atomic mass is 10.0. The summed E-state index contributed by atoms with van der Waals surface area (Å²) >= 11 is 3.46. The number of pyridine rings is 1. The van der Waals surface area contributed by atoms with Crippen molar-refractivity contribution in [2.45, 2.75) is 0 Å². The molecule has 144 valence electrons. The van der Waals surface area contributed by atoms with E-state index in [1.54, 1.807) is 6.07 Å². The Kier molecular flexibility index (Phi) is 4.77. The van der Waals surface area contributed by atoms with Crippen LogP contribution in [0.4, 0.5) is 0 Å². The van der Waals surface area contributed by atoms with Crippen LogP contribution in [0.1, 0.15) is 10.4 Å². The van der Waals surface area contributed by atoms with Gasteiger partial charge < -0.3 is 4.74 Å². The van der Waals surface area contributed by atoms with Crippen LogP contribution >= 0.6 is 15.9 Å². The van der Waals surface area contributed by atoms with Gasteiger partial charge in [0.1, 0.15) is 5.75 Å². The van der Waals surface area contributed by atoms with Gasteiger partial charge in [-0.1, -0.05) is 76.6 Å². The number of carbonyl (C=O) groups excluding carboxylic acids is 1. The summed E-state index contributed by atoms with van der Waals surface area (Å²) in [6.45, 7) is 0. The minimum absolute atomic E-state index is 0.401. The number of carbonyl (C=O) groups is 1. The predicted molar refractivity (Wildman–Crippen MR) is 124 cm³/mol. The molecule has 0 atom stereocenters. The van der Waals surface area contributed by atoms with Crippen molar-refractivity contribution in [3.8, 4) is 17.0 Å². The van der Waals surface area contributed by atoms with E-state index < -0.39 is 5.97 Å². The number of nitrogens with zero attached hydrogens (tertiary/aromatic N) is 1. The lowest BCUT2D eigenvalue weighted by molar-refractivity contribution is 0.0737. The average molecular weight is 454 g/mol. The van der Waals surface area contributed by atoms with Gasteiger partial charge in [0, 0.05) is 15.4 Å². The van der Waals surface area contributed by atoms with Crippen LogP contribution in [0.25, 0.3) is 32.9 Å². The van der Waals surface area contributed by atoms with Gasteiger partial charge in [0.15, 0.2) is 0 Å². The van der Waals surface area contributed by atoms with Crippen molar-refractivity contribution in [2.24, 2.45) is 0 Å². The van der Waals surface area contributed by atoms with Gasteiger partial charge >= 0.3 is 5.97 Å². The van der Waals surface area contributed by atoms with Crippen LogP contribution in [-0.4, -0.2) is 11.0 Å². The average Bonchev–Trinajstić information content (AvgIpc) is 2.78. The van der Waals surface area contributed by atoms with Crippen LogP contribution in [0.2, 0.25) is 0 Å². The van der Waals surface area contributed by atoms with Gasteiger partial charge in [-0.05, 0) is 47.2 Å². The molecule has 1 heterocycles. The van der Waals surface area contributed by atoms with E-state index in [1.165, 1.54) is 0 Å². The Hall–Kier alpha value is -3.50. The van der Waals surface area contributed by atoms with Gasteiger partial charge in [-0.2, -0.15) is 0 Å². The fourth-order valence-corrected chi connectivity index (χ4v) is 3.77. The van der Waals surface area contributed by atoms with Gasteiger partial charge in [-0.15, -0.1) is 0 Å². The van der Waals surface area contributed by atoms with Crippen LogP contribution in [-0.2, 0) is 0 Å². The highest BCUT2D eigenvalue weighted by Gasteiger charge is 2.16. The fourth-order valence-electron chi connectivity index (χ4n) is 3.51. The summed E-state index contributed by atoms with van der Waals surface area (Å²) in [4.78, 5) is 17.9. The highest BCUT2D eigenvalue weighted by atomic mass is 79.9. The van der Waals surface area contributed by atoms with E-state index in [2.05, 4.69) is 15.9 Å². The summed E-state index contributed by atoms with van der Waals surface area (Å²) in [5.41, 5.74) is 2.91. The molecule has 4 aromatic carbocycles. The Bertz CT molecular complexity index is 1390. The first kappa shape index (κ1) is 18.5. The molecule has 0 saturated carbocycles. The van der Waals surface area contributed by atoms with Crippen LogP contribution in [0.3, 0.4) is 0 Å². The molecule has 5 rings (SSSR count). The summed E-state index contributed by atoms with van der Waals surface area (Å²) in [6.07, 6.45) is 0. The third kappa shape index (κ3) is 3.58. The molecular weight excluding hydrogens is 438 g/mol. The summed E-state index contributed by atoms with van der Waals surface area (Å²) in [7, 11) is 0. The zero-order chi connectivity index (χ0) is 20.5. The maximum Gasteiger partial charge on any atom is 0.344 e. The van der Waals surface area contributed by atoms with Gasteiger partial charge in [0.2, 0.25) is 0 Å². The van der Waals surface area contributed by atoms with Crippen molar-refractivity contribution >= 4 is 43.6 Å². The van der Waals surface area contributed by atoms with Crippen molar-refractivity contribution < 1.29 is 9.53 Å². The summed E-state index contributed by atoms with van der Waals surface area (Å²) < 4.78 is 6.74. The predicted octanol–water partition coefficient (Wildman–Crippen LogP) is 7.04. The Morgan fingerprint density at radius 3 is 2.33 bits per heavy atom. The standard InChI is InChI=1S/C26H16BrNO2/c27-20-12-9-18(10-13-20)25-16-23(22-7-3-4-8-24(22)28-25)26(29)30-21-14-11-17-5-1-2-6-19(17)15-21/h1-16H. The Morgan fingerprint density at radius 2 is 1.50 bits per heavy atom. The van der Waals surface area contributed by atoms with Gasteiger partial charge in [0.25, 0.3) is 0 Å². The highest BCUT2D eigenvalue weighted by molar-refractivity contribution is 9.10. The molecule has 1 aromatic heterocycles. The van der Waals surface area contributed by atoms with Crippen molar-refractivity contribution in [2.75, 3.05) is 0 Å². The summed E-state index contributed by atoms with van der Waals surface area (Å²) in [5.74, 6) is 0.118. The topological polar surface area (TPSA) is 39.2 Å². The lowest BCUT2D eigenvalue weighted by Gasteiger charge is -2.10. The first-order valence-corrected chi connectivity index (χ1v) is 10.3. The first-order valence-electron chi connectivity index (χ1n) is 9.54. The second-order valence-corrected chi connectivity index (χ2v) is 7.89. The number of ether oxygens (including phenoxy) is 1. The molecule has 0 saturated heterocycles. The van der Waals surface area contributed by atoms with E-state index >= 15 is 0 Å². The zero-order valence-corrected chi connectivity index (χ0v) is 17.5. The normalized spacial score (nSPS) is 11.0. The number of halogens is 1. The molecule has 0 N–H and O–H groups in total. The van der Waals surface area contributed by atoms with E-state index in [9.17, 15) is 4.79 Å². The maximum absolute atomic E-state index is 13.1. The molecule has 3 nitrogen and oxygen atoms in total. The lowest BCUT2D eigenvalue weighted by Crippen LogP contribution is -2.10. The van der Waals surface area contributed by atoms with Crippen LogP contribution in [0.15, 0.2) is 102 Å². The van der Waals surface area contributed by atoms with E-state index in [-0.39, 0.29) is 0 Å². The van der Waals surface area contributed by atoms with E-state index in [4.69, 9.17) is 9.72 Å². The third-order valence-corrected chi connectivity index (χ3v) is 5.54. The van der Waals surface area contributed by atoms with Gasteiger partial charge in [-0.3, -0.25) is 0 Å². The molecule has 0 aliphatic heterocycles. The minimum Gasteiger partial charge on any atom is -0.423 e. The molecule has 0 bridgehead atoms. The number of fused-ring (bicyclic) bond motifs is 2. The van der Waals surface area contributed by atoms with Gasteiger partial charge in [-0.25, -0.2) is 9.78 Å².